The van der Waals surface area contributed by atoms with Crippen LogP contribution in [-0.2, 0) is 0 Å². The van der Waals surface area contributed by atoms with Crippen LogP contribution < -0.4 is 16.2 Å². The lowest BCUT2D eigenvalue weighted by atomic mass is 10.1. The Labute approximate surface area is 104 Å². The Morgan fingerprint density at radius 1 is 1.67 bits per heavy atom. The molecular weight excluding hydrogens is 236 g/mol. The number of hydrogen-bond acceptors (Lipinski definition) is 7. The first-order valence-corrected chi connectivity index (χ1v) is 5.88. The molecule has 1 fully saturated rings. The molecule has 2 rings (SSSR count). The Morgan fingerprint density at radius 2 is 2.44 bits per heavy atom. The molecule has 0 aliphatic carbocycles. The summed E-state index contributed by atoms with van der Waals surface area (Å²) in [4.78, 5) is 20.4. The summed E-state index contributed by atoms with van der Waals surface area (Å²) in [5, 5.41) is 11.1. The molecule has 1 atom stereocenters. The molecule has 0 aromatic carbocycles. The van der Waals surface area contributed by atoms with Gasteiger partial charge in [0, 0.05) is 13.1 Å². The van der Waals surface area contributed by atoms with E-state index in [4.69, 9.17) is 5.84 Å². The second-order valence-electron chi connectivity index (χ2n) is 4.30. The number of nitrogens with zero attached hydrogens (tertiary/aromatic N) is 4. The van der Waals surface area contributed by atoms with Crippen molar-refractivity contribution in [1.29, 1.82) is 0 Å². The molecule has 0 bridgehead atoms. The highest BCUT2D eigenvalue weighted by Gasteiger charge is 2.30. The summed E-state index contributed by atoms with van der Waals surface area (Å²) >= 11 is 0. The number of hydrazine groups is 1. The molecule has 1 aromatic heterocycles. The third-order valence-electron chi connectivity index (χ3n) is 3.28. The summed E-state index contributed by atoms with van der Waals surface area (Å²) < 4.78 is 0. The van der Waals surface area contributed by atoms with Crippen LogP contribution in [-0.4, -0.2) is 28.0 Å². The third-order valence-corrected chi connectivity index (χ3v) is 3.28. The molecule has 0 amide bonds. The van der Waals surface area contributed by atoms with E-state index in [0.29, 0.717) is 11.7 Å². The normalized spacial score (nSPS) is 19.0. The van der Waals surface area contributed by atoms with Gasteiger partial charge < -0.3 is 10.3 Å². The number of nitrogens with two attached hydrogens (primary N) is 1. The molecule has 18 heavy (non-hydrogen) atoms. The van der Waals surface area contributed by atoms with E-state index < -0.39 is 4.92 Å². The smallest absolute Gasteiger partial charge is 0.350 e. The van der Waals surface area contributed by atoms with E-state index in [1.54, 1.807) is 0 Å². The van der Waals surface area contributed by atoms with E-state index in [2.05, 4.69) is 22.3 Å². The Morgan fingerprint density at radius 3 is 3.00 bits per heavy atom. The minimum atomic E-state index is -0.496. The monoisotopic (exact) mass is 252 g/mol. The van der Waals surface area contributed by atoms with Crippen molar-refractivity contribution >= 4 is 17.3 Å². The number of nitrogens with one attached hydrogen (secondary N) is 1. The predicted molar refractivity (Wildman–Crippen MR) is 67.1 cm³/mol. The van der Waals surface area contributed by atoms with Crippen molar-refractivity contribution in [1.82, 2.24) is 9.97 Å². The first-order valence-electron chi connectivity index (χ1n) is 5.88. The van der Waals surface area contributed by atoms with Crippen LogP contribution in [0.2, 0.25) is 0 Å². The van der Waals surface area contributed by atoms with E-state index in [-0.39, 0.29) is 11.5 Å². The van der Waals surface area contributed by atoms with Gasteiger partial charge in [0.2, 0.25) is 11.6 Å². The van der Waals surface area contributed by atoms with Gasteiger partial charge in [0.1, 0.15) is 6.33 Å². The highest BCUT2D eigenvalue weighted by atomic mass is 16.6. The van der Waals surface area contributed by atoms with Gasteiger partial charge in [0.05, 0.1) is 4.92 Å². The highest BCUT2D eigenvalue weighted by molar-refractivity contribution is 5.70. The Balaban J connectivity index is 2.36. The molecule has 0 spiro atoms. The Kier molecular flexibility index (Phi) is 3.56. The minimum absolute atomic E-state index is 0.0462. The molecule has 1 saturated heterocycles. The third kappa shape index (κ3) is 2.19. The lowest BCUT2D eigenvalue weighted by Crippen LogP contribution is -2.23. The summed E-state index contributed by atoms with van der Waals surface area (Å²) in [5.74, 6) is 6.20. The molecule has 1 aliphatic heterocycles. The molecular formula is C10H16N6O2. The van der Waals surface area contributed by atoms with Crippen molar-refractivity contribution in [2.45, 2.75) is 19.8 Å². The largest absolute Gasteiger partial charge is 0.354 e. The second-order valence-corrected chi connectivity index (χ2v) is 4.30. The van der Waals surface area contributed by atoms with Crippen LogP contribution in [0, 0.1) is 16.0 Å². The highest BCUT2D eigenvalue weighted by Crippen LogP contribution is 2.34. The Bertz CT molecular complexity index is 452. The molecule has 0 saturated carbocycles. The summed E-state index contributed by atoms with van der Waals surface area (Å²) in [6.07, 6.45) is 3.39. The van der Waals surface area contributed by atoms with Crippen molar-refractivity contribution < 1.29 is 4.92 Å². The van der Waals surface area contributed by atoms with E-state index in [1.165, 1.54) is 6.33 Å². The van der Waals surface area contributed by atoms with Crippen LogP contribution in [0.25, 0.3) is 0 Å². The van der Waals surface area contributed by atoms with Gasteiger partial charge in [-0.05, 0) is 12.3 Å². The maximum absolute atomic E-state index is 11.1. The number of rotatable bonds is 4. The number of nitrogen functional groups attached to an aromatic ring is 1. The van der Waals surface area contributed by atoms with E-state index in [1.807, 2.05) is 4.90 Å². The quantitative estimate of drug-likeness (QED) is 0.465. The van der Waals surface area contributed by atoms with E-state index in [9.17, 15) is 10.1 Å². The van der Waals surface area contributed by atoms with Crippen molar-refractivity contribution in [2.24, 2.45) is 11.8 Å². The molecule has 98 valence electrons. The first kappa shape index (κ1) is 12.5. The maximum Gasteiger partial charge on any atom is 0.354 e. The van der Waals surface area contributed by atoms with E-state index in [0.717, 1.165) is 25.9 Å². The van der Waals surface area contributed by atoms with Gasteiger partial charge in [0.15, 0.2) is 0 Å². The number of aromatic nitrogens is 2. The molecule has 1 unspecified atom stereocenters. The average molecular weight is 252 g/mol. The lowest BCUT2D eigenvalue weighted by Gasteiger charge is -2.17. The SMILES string of the molecule is CCC1CCN(c2ncnc(NN)c2[N+](=O)[O-])C1. The summed E-state index contributed by atoms with van der Waals surface area (Å²) in [6, 6.07) is 0. The zero-order valence-electron chi connectivity index (χ0n) is 10.2. The van der Waals surface area contributed by atoms with Crippen LogP contribution >= 0.6 is 0 Å². The van der Waals surface area contributed by atoms with Crippen LogP contribution in [0.3, 0.4) is 0 Å². The molecule has 1 aromatic rings. The summed E-state index contributed by atoms with van der Waals surface area (Å²) in [6.45, 7) is 3.69. The minimum Gasteiger partial charge on any atom is -0.350 e. The van der Waals surface area contributed by atoms with Crippen molar-refractivity contribution in [3.05, 3.63) is 16.4 Å². The molecule has 8 nitrogen and oxygen atoms in total. The number of anilines is 2. The topological polar surface area (TPSA) is 110 Å². The second kappa shape index (κ2) is 5.13. The van der Waals surface area contributed by atoms with Gasteiger partial charge in [-0.3, -0.25) is 10.1 Å². The fourth-order valence-electron chi connectivity index (χ4n) is 2.23. The maximum atomic E-state index is 11.1. The first-order chi connectivity index (χ1) is 8.67. The Hall–Kier alpha value is -1.96. The molecule has 2 heterocycles. The summed E-state index contributed by atoms with van der Waals surface area (Å²) in [7, 11) is 0. The van der Waals surface area contributed by atoms with Crippen molar-refractivity contribution in [3.8, 4) is 0 Å². The zero-order valence-corrected chi connectivity index (χ0v) is 10.2. The van der Waals surface area contributed by atoms with Crippen LogP contribution in [0.4, 0.5) is 17.3 Å². The molecule has 0 radical (unpaired) electrons. The fraction of sp³-hybridized carbons (Fsp3) is 0.600. The standard InChI is InChI=1S/C10H16N6O2/c1-2-7-3-4-15(5-7)10-8(16(17)18)9(14-11)12-6-13-10/h6-7H,2-5,11H2,1H3,(H,12,13,14). The van der Waals surface area contributed by atoms with Gasteiger partial charge in [0.25, 0.3) is 0 Å². The van der Waals surface area contributed by atoms with Crippen molar-refractivity contribution in [3.63, 3.8) is 0 Å². The number of nitro groups is 1. The zero-order chi connectivity index (χ0) is 13.1. The number of hydrogen-bond donors (Lipinski definition) is 2. The predicted octanol–water partition coefficient (Wildman–Crippen LogP) is 0.907. The van der Waals surface area contributed by atoms with Gasteiger partial charge in [-0.2, -0.15) is 0 Å². The lowest BCUT2D eigenvalue weighted by molar-refractivity contribution is -0.383. The molecule has 1 aliphatic rings. The summed E-state index contributed by atoms with van der Waals surface area (Å²) in [5.41, 5.74) is 2.09. The van der Waals surface area contributed by atoms with Crippen LogP contribution in [0.1, 0.15) is 19.8 Å². The average Bonchev–Trinajstić information content (AvgIpc) is 2.86. The molecule has 8 heteroatoms. The van der Waals surface area contributed by atoms with Gasteiger partial charge >= 0.3 is 5.69 Å². The fourth-order valence-corrected chi connectivity index (χ4v) is 2.23. The van der Waals surface area contributed by atoms with Gasteiger partial charge in [-0.15, -0.1) is 0 Å². The molecule has 3 N–H and O–H groups in total. The van der Waals surface area contributed by atoms with Crippen LogP contribution in [0.15, 0.2) is 6.33 Å². The van der Waals surface area contributed by atoms with Gasteiger partial charge in [-0.1, -0.05) is 13.3 Å². The van der Waals surface area contributed by atoms with E-state index >= 15 is 0 Å². The van der Waals surface area contributed by atoms with Gasteiger partial charge in [-0.25, -0.2) is 15.8 Å². The van der Waals surface area contributed by atoms with Crippen molar-refractivity contribution in [2.75, 3.05) is 23.4 Å². The van der Waals surface area contributed by atoms with Crippen LogP contribution in [0.5, 0.6) is 0 Å².